The maximum Gasteiger partial charge on any atom is 0.251 e. The molecule has 0 radical (unpaired) electrons. The molecule has 0 aromatic heterocycles. The summed E-state index contributed by atoms with van der Waals surface area (Å²) in [6, 6.07) is 14.2. The van der Waals surface area contributed by atoms with E-state index in [0.29, 0.717) is 12.1 Å². The maximum atomic E-state index is 12.6. The van der Waals surface area contributed by atoms with E-state index in [9.17, 15) is 13.2 Å². The summed E-state index contributed by atoms with van der Waals surface area (Å²) in [6.07, 6.45) is 3.78. The first kappa shape index (κ1) is 20.5. The van der Waals surface area contributed by atoms with Gasteiger partial charge in [-0.2, -0.15) is 0 Å². The Morgan fingerprint density at radius 1 is 1.00 bits per heavy atom. The number of benzene rings is 2. The third-order valence-electron chi connectivity index (χ3n) is 5.08. The summed E-state index contributed by atoms with van der Waals surface area (Å²) >= 11 is 0. The van der Waals surface area contributed by atoms with E-state index < -0.39 is 10.0 Å². The smallest absolute Gasteiger partial charge is 0.251 e. The van der Waals surface area contributed by atoms with E-state index in [1.54, 1.807) is 12.1 Å². The van der Waals surface area contributed by atoms with Crippen molar-refractivity contribution in [1.29, 1.82) is 0 Å². The highest BCUT2D eigenvalue weighted by molar-refractivity contribution is 7.89. The zero-order valence-corrected chi connectivity index (χ0v) is 17.0. The van der Waals surface area contributed by atoms with Gasteiger partial charge in [0.2, 0.25) is 10.0 Å². The van der Waals surface area contributed by atoms with E-state index in [2.05, 4.69) is 21.0 Å². The first-order valence-electron chi connectivity index (χ1n) is 9.60. The minimum atomic E-state index is -3.58. The third-order valence-corrected chi connectivity index (χ3v) is 6.49. The van der Waals surface area contributed by atoms with Crippen LogP contribution in [0.5, 0.6) is 0 Å². The van der Waals surface area contributed by atoms with Crippen LogP contribution in [-0.2, 0) is 23.1 Å². The first-order chi connectivity index (χ1) is 13.5. The highest BCUT2D eigenvalue weighted by atomic mass is 32.2. The van der Waals surface area contributed by atoms with Crippen LogP contribution in [0.15, 0.2) is 53.4 Å². The van der Waals surface area contributed by atoms with Crippen LogP contribution in [0.3, 0.4) is 0 Å². The molecule has 1 aliphatic heterocycles. The Balaban J connectivity index is 1.67. The Morgan fingerprint density at radius 2 is 1.71 bits per heavy atom. The average molecular weight is 402 g/mol. The van der Waals surface area contributed by atoms with Gasteiger partial charge in [0.1, 0.15) is 0 Å². The molecular weight excluding hydrogens is 374 g/mol. The molecule has 28 heavy (non-hydrogen) atoms. The maximum absolute atomic E-state index is 12.6. The van der Waals surface area contributed by atoms with E-state index in [4.69, 9.17) is 0 Å². The molecule has 0 atom stereocenters. The molecule has 0 bridgehead atoms. The number of amides is 1. The lowest BCUT2D eigenvalue weighted by atomic mass is 10.0. The molecule has 150 valence electrons. The SMILES string of the molecule is CNS(=O)(=O)c1cccc(C(=O)NCc2ccccc2CN2CCCCC2)c1. The monoisotopic (exact) mass is 401 g/mol. The largest absolute Gasteiger partial charge is 0.348 e. The van der Waals surface area contributed by atoms with Gasteiger partial charge in [-0.05, 0) is 62.3 Å². The molecule has 1 fully saturated rings. The van der Waals surface area contributed by atoms with Gasteiger partial charge < -0.3 is 5.32 Å². The Labute approximate surface area is 167 Å². The Hall–Kier alpha value is -2.22. The topological polar surface area (TPSA) is 78.5 Å². The second-order valence-electron chi connectivity index (χ2n) is 7.02. The zero-order chi connectivity index (χ0) is 20.0. The molecule has 0 saturated carbocycles. The van der Waals surface area contributed by atoms with Gasteiger partial charge in [-0.25, -0.2) is 13.1 Å². The van der Waals surface area contributed by atoms with Gasteiger partial charge in [0.25, 0.3) is 5.91 Å². The highest BCUT2D eigenvalue weighted by Crippen LogP contribution is 2.17. The number of piperidine rings is 1. The Bertz CT molecular complexity index is 922. The van der Waals surface area contributed by atoms with E-state index in [1.165, 1.54) is 44.0 Å². The van der Waals surface area contributed by atoms with Gasteiger partial charge >= 0.3 is 0 Å². The highest BCUT2D eigenvalue weighted by Gasteiger charge is 2.15. The number of nitrogens with one attached hydrogen (secondary N) is 2. The lowest BCUT2D eigenvalue weighted by Gasteiger charge is -2.27. The summed E-state index contributed by atoms with van der Waals surface area (Å²) in [5, 5.41) is 2.92. The second kappa shape index (κ2) is 9.32. The number of carbonyl (C=O) groups is 1. The number of rotatable bonds is 7. The predicted octanol–water partition coefficient (Wildman–Crippen LogP) is 2.51. The molecule has 6 nitrogen and oxygen atoms in total. The summed E-state index contributed by atoms with van der Waals surface area (Å²) in [7, 11) is -2.23. The molecule has 0 unspecified atom stereocenters. The van der Waals surface area contributed by atoms with Gasteiger partial charge in [0.05, 0.1) is 4.90 Å². The number of carbonyl (C=O) groups excluding carboxylic acids is 1. The van der Waals surface area contributed by atoms with Crippen LogP contribution in [0.1, 0.15) is 40.7 Å². The fourth-order valence-electron chi connectivity index (χ4n) is 3.44. The minimum Gasteiger partial charge on any atom is -0.348 e. The Morgan fingerprint density at radius 3 is 2.43 bits per heavy atom. The standard InChI is InChI=1S/C21H27N3O3S/c1-22-28(26,27)20-11-7-10-17(14-20)21(25)23-15-18-8-3-4-9-19(18)16-24-12-5-2-6-13-24/h3-4,7-11,14,22H,2,5-6,12-13,15-16H2,1H3,(H,23,25). The summed E-state index contributed by atoms with van der Waals surface area (Å²) in [4.78, 5) is 15.1. The van der Waals surface area contributed by atoms with Crippen molar-refractivity contribution in [3.63, 3.8) is 0 Å². The molecule has 1 heterocycles. The van der Waals surface area contributed by atoms with Crippen molar-refractivity contribution in [2.45, 2.75) is 37.2 Å². The average Bonchev–Trinajstić information content (AvgIpc) is 2.73. The lowest BCUT2D eigenvalue weighted by Crippen LogP contribution is -2.30. The molecule has 3 rings (SSSR count). The van der Waals surface area contributed by atoms with Crippen molar-refractivity contribution in [1.82, 2.24) is 14.9 Å². The molecule has 2 aromatic rings. The van der Waals surface area contributed by atoms with Gasteiger partial charge in [-0.15, -0.1) is 0 Å². The van der Waals surface area contributed by atoms with E-state index in [-0.39, 0.29) is 10.8 Å². The molecule has 7 heteroatoms. The molecule has 0 spiro atoms. The number of nitrogens with zero attached hydrogens (tertiary/aromatic N) is 1. The van der Waals surface area contributed by atoms with E-state index >= 15 is 0 Å². The molecule has 2 aromatic carbocycles. The number of likely N-dealkylation sites (tertiary alicyclic amines) is 1. The summed E-state index contributed by atoms with van der Waals surface area (Å²) in [6.45, 7) is 3.54. The molecule has 2 N–H and O–H groups in total. The summed E-state index contributed by atoms with van der Waals surface area (Å²) < 4.78 is 26.1. The molecule has 0 aliphatic carbocycles. The van der Waals surface area contributed by atoms with Crippen molar-refractivity contribution < 1.29 is 13.2 Å². The van der Waals surface area contributed by atoms with Crippen LogP contribution in [0.2, 0.25) is 0 Å². The molecular formula is C21H27N3O3S. The predicted molar refractivity (Wildman–Crippen MR) is 109 cm³/mol. The van der Waals surface area contributed by atoms with Crippen LogP contribution in [0.25, 0.3) is 0 Å². The van der Waals surface area contributed by atoms with Crippen molar-refractivity contribution in [3.8, 4) is 0 Å². The number of sulfonamides is 1. The number of hydrogen-bond donors (Lipinski definition) is 2. The first-order valence-corrected chi connectivity index (χ1v) is 11.1. The molecule has 1 saturated heterocycles. The van der Waals surface area contributed by atoms with Gasteiger partial charge in [-0.3, -0.25) is 9.69 Å². The van der Waals surface area contributed by atoms with Crippen LogP contribution >= 0.6 is 0 Å². The fraction of sp³-hybridized carbons (Fsp3) is 0.381. The lowest BCUT2D eigenvalue weighted by molar-refractivity contribution is 0.0950. The van der Waals surface area contributed by atoms with E-state index in [0.717, 1.165) is 25.2 Å². The summed E-state index contributed by atoms with van der Waals surface area (Å²) in [5.41, 5.74) is 2.63. The Kier molecular flexibility index (Phi) is 6.83. The van der Waals surface area contributed by atoms with Crippen molar-refractivity contribution in [2.24, 2.45) is 0 Å². The van der Waals surface area contributed by atoms with Crippen LogP contribution in [0.4, 0.5) is 0 Å². The molecule has 1 amide bonds. The van der Waals surface area contributed by atoms with E-state index in [1.807, 2.05) is 18.2 Å². The zero-order valence-electron chi connectivity index (χ0n) is 16.1. The van der Waals surface area contributed by atoms with Gasteiger partial charge in [-0.1, -0.05) is 36.8 Å². The minimum absolute atomic E-state index is 0.0770. The van der Waals surface area contributed by atoms with Crippen molar-refractivity contribution in [2.75, 3.05) is 20.1 Å². The van der Waals surface area contributed by atoms with Crippen LogP contribution in [-0.4, -0.2) is 39.4 Å². The fourth-order valence-corrected chi connectivity index (χ4v) is 4.22. The second-order valence-corrected chi connectivity index (χ2v) is 8.91. The quantitative estimate of drug-likeness (QED) is 0.747. The van der Waals surface area contributed by atoms with Crippen LogP contribution in [0, 0.1) is 0 Å². The van der Waals surface area contributed by atoms with Gasteiger partial charge in [0, 0.05) is 18.7 Å². The third kappa shape index (κ3) is 5.19. The number of hydrogen-bond acceptors (Lipinski definition) is 4. The summed E-state index contributed by atoms with van der Waals surface area (Å²) in [5.74, 6) is -0.291. The normalized spacial score (nSPS) is 15.3. The van der Waals surface area contributed by atoms with Crippen LogP contribution < -0.4 is 10.0 Å². The van der Waals surface area contributed by atoms with Crippen molar-refractivity contribution >= 4 is 15.9 Å². The molecule has 1 aliphatic rings. The van der Waals surface area contributed by atoms with Crippen molar-refractivity contribution in [3.05, 3.63) is 65.2 Å². The van der Waals surface area contributed by atoms with Gasteiger partial charge in [0.15, 0.2) is 0 Å².